The van der Waals surface area contributed by atoms with Gasteiger partial charge in [0.25, 0.3) is 0 Å². The minimum absolute atomic E-state index is 0.212. The second-order valence-corrected chi connectivity index (χ2v) is 6.22. The molecule has 2 N–H and O–H groups in total. The molecular weight excluding hydrogens is 425 g/mol. The Labute approximate surface area is 154 Å². The molecule has 1 amide bonds. The molecule has 1 aromatic carbocycles. The van der Waals surface area contributed by atoms with E-state index in [-0.39, 0.29) is 5.70 Å². The first kappa shape index (κ1) is 20.0. The third kappa shape index (κ3) is 6.23. The predicted octanol–water partition coefficient (Wildman–Crippen LogP) is 3.21. The van der Waals surface area contributed by atoms with Gasteiger partial charge in [0.2, 0.25) is 5.91 Å². The van der Waals surface area contributed by atoms with E-state index in [2.05, 4.69) is 34.5 Å². The number of carbonyl (C=O) groups excluding carboxylic acids is 1. The van der Waals surface area contributed by atoms with Gasteiger partial charge in [0.05, 0.1) is 10.2 Å². The summed E-state index contributed by atoms with van der Waals surface area (Å²) in [4.78, 5) is 22.3. The molecule has 1 aromatic rings. The van der Waals surface area contributed by atoms with Gasteiger partial charge in [-0.3, -0.25) is 4.79 Å². The normalized spacial score (nSPS) is 10.9. The van der Waals surface area contributed by atoms with Crippen molar-refractivity contribution in [3.8, 4) is 11.5 Å². The molecule has 0 unspecified atom stereocenters. The summed E-state index contributed by atoms with van der Waals surface area (Å²) in [6.45, 7) is 9.54. The van der Waals surface area contributed by atoms with E-state index in [1.165, 1.54) is 13.0 Å². The monoisotopic (exact) mass is 445 g/mol. The topological polar surface area (TPSA) is 84.9 Å². The molecule has 0 saturated heterocycles. The molecule has 0 spiro atoms. The Morgan fingerprint density at radius 2 is 2.00 bits per heavy atom. The van der Waals surface area contributed by atoms with Gasteiger partial charge < -0.3 is 19.9 Å². The zero-order chi connectivity index (χ0) is 18.3. The first-order valence-electron chi connectivity index (χ1n) is 7.20. The van der Waals surface area contributed by atoms with Crippen molar-refractivity contribution in [2.45, 2.75) is 20.8 Å². The van der Waals surface area contributed by atoms with E-state index < -0.39 is 11.9 Å². The van der Waals surface area contributed by atoms with Crippen LogP contribution in [0.15, 0.2) is 30.0 Å². The standard InChI is InChI=1S/C17H20INO5/c1-5-23-15-8-12(7-14(17(21)22)19-11(4)20)6-13(18)16(15)24-9-10(2)3/h6-8H,2,5,9H2,1,3-4H3,(H,19,20)(H,21,22). The van der Waals surface area contributed by atoms with Crippen LogP contribution in [0.1, 0.15) is 26.3 Å². The van der Waals surface area contributed by atoms with Gasteiger partial charge in [0.1, 0.15) is 12.3 Å². The van der Waals surface area contributed by atoms with Crippen LogP contribution in [-0.4, -0.2) is 30.2 Å². The van der Waals surface area contributed by atoms with E-state index in [0.29, 0.717) is 30.3 Å². The van der Waals surface area contributed by atoms with Crippen LogP contribution in [0.4, 0.5) is 0 Å². The summed E-state index contributed by atoms with van der Waals surface area (Å²) in [6, 6.07) is 3.42. The van der Waals surface area contributed by atoms with E-state index in [0.717, 1.165) is 9.14 Å². The Balaban J connectivity index is 3.28. The highest BCUT2D eigenvalue weighted by Gasteiger charge is 2.14. The van der Waals surface area contributed by atoms with Crippen molar-refractivity contribution >= 4 is 40.5 Å². The lowest BCUT2D eigenvalue weighted by Crippen LogP contribution is -2.24. The number of nitrogens with one attached hydrogen (secondary N) is 1. The number of ether oxygens (including phenoxy) is 2. The summed E-state index contributed by atoms with van der Waals surface area (Å²) in [5, 5.41) is 11.5. The minimum Gasteiger partial charge on any atom is -0.490 e. The number of aliphatic carboxylic acids is 1. The van der Waals surface area contributed by atoms with Crippen LogP contribution in [0.25, 0.3) is 6.08 Å². The second kappa shape index (κ2) is 9.31. The SMILES string of the molecule is C=C(C)COc1c(I)cc(C=C(NC(C)=O)C(=O)O)cc1OCC. The quantitative estimate of drug-likeness (QED) is 0.365. The van der Waals surface area contributed by atoms with Crippen LogP contribution in [0.2, 0.25) is 0 Å². The third-order valence-electron chi connectivity index (χ3n) is 2.65. The highest BCUT2D eigenvalue weighted by atomic mass is 127. The molecule has 130 valence electrons. The predicted molar refractivity (Wildman–Crippen MR) is 100 cm³/mol. The number of hydrogen-bond acceptors (Lipinski definition) is 4. The van der Waals surface area contributed by atoms with Crippen molar-refractivity contribution in [3.63, 3.8) is 0 Å². The molecule has 0 atom stereocenters. The molecule has 0 aliphatic heterocycles. The summed E-state index contributed by atoms with van der Waals surface area (Å²) in [6.07, 6.45) is 1.37. The van der Waals surface area contributed by atoms with Crippen LogP contribution >= 0.6 is 22.6 Å². The zero-order valence-electron chi connectivity index (χ0n) is 13.8. The first-order valence-corrected chi connectivity index (χ1v) is 8.28. The molecule has 0 heterocycles. The molecule has 24 heavy (non-hydrogen) atoms. The molecule has 1 rings (SSSR count). The maximum Gasteiger partial charge on any atom is 0.352 e. The Kier molecular flexibility index (Phi) is 7.76. The summed E-state index contributed by atoms with van der Waals surface area (Å²) >= 11 is 2.09. The summed E-state index contributed by atoms with van der Waals surface area (Å²) < 4.78 is 12.1. The van der Waals surface area contributed by atoms with E-state index in [1.54, 1.807) is 12.1 Å². The van der Waals surface area contributed by atoms with Crippen molar-refractivity contribution in [1.82, 2.24) is 5.32 Å². The summed E-state index contributed by atoms with van der Waals surface area (Å²) in [5.74, 6) is -0.593. The second-order valence-electron chi connectivity index (χ2n) is 5.05. The fourth-order valence-electron chi connectivity index (χ4n) is 1.78. The van der Waals surface area contributed by atoms with Crippen LogP contribution in [-0.2, 0) is 9.59 Å². The number of amides is 1. The highest BCUT2D eigenvalue weighted by molar-refractivity contribution is 14.1. The molecule has 0 aliphatic rings. The third-order valence-corrected chi connectivity index (χ3v) is 3.45. The molecular formula is C17H20INO5. The largest absolute Gasteiger partial charge is 0.490 e. The molecule has 0 saturated carbocycles. The number of hydrogen-bond donors (Lipinski definition) is 2. The number of carbonyl (C=O) groups is 2. The van der Waals surface area contributed by atoms with Gasteiger partial charge in [0, 0.05) is 6.92 Å². The number of benzene rings is 1. The van der Waals surface area contributed by atoms with Crippen LogP contribution in [0, 0.1) is 3.57 Å². The van der Waals surface area contributed by atoms with Gasteiger partial charge in [-0.2, -0.15) is 0 Å². The van der Waals surface area contributed by atoms with Crippen molar-refractivity contribution in [3.05, 3.63) is 39.1 Å². The van der Waals surface area contributed by atoms with Crippen molar-refractivity contribution < 1.29 is 24.2 Å². The smallest absolute Gasteiger partial charge is 0.352 e. The van der Waals surface area contributed by atoms with Crippen LogP contribution in [0.3, 0.4) is 0 Å². The molecule has 0 aliphatic carbocycles. The lowest BCUT2D eigenvalue weighted by Gasteiger charge is -2.15. The number of halogens is 1. The maximum atomic E-state index is 11.2. The average molecular weight is 445 g/mol. The maximum absolute atomic E-state index is 11.2. The molecule has 0 fully saturated rings. The Hall–Kier alpha value is -2.03. The van der Waals surface area contributed by atoms with Gasteiger partial charge in [-0.15, -0.1) is 0 Å². The summed E-state index contributed by atoms with van der Waals surface area (Å²) in [5.41, 5.74) is 1.24. The van der Waals surface area contributed by atoms with E-state index in [4.69, 9.17) is 9.47 Å². The average Bonchev–Trinajstić information content (AvgIpc) is 2.45. The lowest BCUT2D eigenvalue weighted by atomic mass is 10.1. The molecule has 0 aromatic heterocycles. The van der Waals surface area contributed by atoms with Crippen LogP contribution in [0.5, 0.6) is 11.5 Å². The van der Waals surface area contributed by atoms with Gasteiger partial charge in [-0.05, 0) is 65.8 Å². The Morgan fingerprint density at radius 1 is 1.33 bits per heavy atom. The fourth-order valence-corrected chi connectivity index (χ4v) is 2.56. The number of carboxylic acid groups (broad SMARTS) is 1. The van der Waals surface area contributed by atoms with Crippen molar-refractivity contribution in [2.75, 3.05) is 13.2 Å². The molecule has 7 heteroatoms. The van der Waals surface area contributed by atoms with E-state index in [1.807, 2.05) is 13.8 Å². The summed E-state index contributed by atoms with van der Waals surface area (Å²) in [7, 11) is 0. The number of rotatable bonds is 8. The van der Waals surface area contributed by atoms with Gasteiger partial charge in [-0.25, -0.2) is 4.79 Å². The zero-order valence-corrected chi connectivity index (χ0v) is 16.0. The van der Waals surface area contributed by atoms with Gasteiger partial charge >= 0.3 is 5.97 Å². The molecule has 0 bridgehead atoms. The minimum atomic E-state index is -1.22. The lowest BCUT2D eigenvalue weighted by molar-refractivity contribution is -0.134. The van der Waals surface area contributed by atoms with Gasteiger partial charge in [-0.1, -0.05) is 6.58 Å². The van der Waals surface area contributed by atoms with Gasteiger partial charge in [0.15, 0.2) is 11.5 Å². The van der Waals surface area contributed by atoms with E-state index >= 15 is 0 Å². The molecule has 0 radical (unpaired) electrons. The fraction of sp³-hybridized carbons (Fsp3) is 0.294. The highest BCUT2D eigenvalue weighted by Crippen LogP contribution is 2.35. The Bertz CT molecular complexity index is 682. The van der Waals surface area contributed by atoms with Crippen molar-refractivity contribution in [2.24, 2.45) is 0 Å². The van der Waals surface area contributed by atoms with Crippen LogP contribution < -0.4 is 14.8 Å². The Morgan fingerprint density at radius 3 is 2.50 bits per heavy atom. The van der Waals surface area contributed by atoms with E-state index in [9.17, 15) is 14.7 Å². The van der Waals surface area contributed by atoms with Crippen molar-refractivity contribution in [1.29, 1.82) is 0 Å². The molecule has 6 nitrogen and oxygen atoms in total. The number of carboxylic acids is 1. The first-order chi connectivity index (χ1) is 11.2.